The highest BCUT2D eigenvalue weighted by atomic mass is 19.4. The van der Waals surface area contributed by atoms with Crippen LogP contribution < -0.4 is 20.7 Å². The summed E-state index contributed by atoms with van der Waals surface area (Å²) in [5, 5.41) is 17.4. The minimum absolute atomic E-state index is 0.00184. The second-order valence-electron chi connectivity index (χ2n) is 11.8. The molecule has 0 spiro atoms. The summed E-state index contributed by atoms with van der Waals surface area (Å²) in [6.45, 7) is 3.32. The number of alkyl halides is 6. The van der Waals surface area contributed by atoms with Crippen LogP contribution in [0.5, 0.6) is 5.75 Å². The molecule has 0 bridgehead atoms. The molecule has 5 amide bonds. The number of hydrogen-bond acceptors (Lipinski definition) is 5. The molecule has 0 saturated heterocycles. The number of fused-ring (bicyclic) bond motifs is 1. The maximum absolute atomic E-state index is 13.5. The van der Waals surface area contributed by atoms with Crippen molar-refractivity contribution in [2.75, 3.05) is 42.7 Å². The van der Waals surface area contributed by atoms with Crippen molar-refractivity contribution in [2.24, 2.45) is 5.92 Å². The van der Waals surface area contributed by atoms with E-state index >= 15 is 0 Å². The van der Waals surface area contributed by atoms with Gasteiger partial charge in [-0.05, 0) is 73.7 Å². The number of anilines is 3. The zero-order chi connectivity index (χ0) is 36.1. The highest BCUT2D eigenvalue weighted by Crippen LogP contribution is 2.32. The maximum atomic E-state index is 13.5. The molecular formula is C33H35F6N5O5. The van der Waals surface area contributed by atoms with Gasteiger partial charge in [0.05, 0.1) is 36.7 Å². The quantitative estimate of drug-likeness (QED) is 0.206. The molecular weight excluding hydrogens is 660 g/mol. The Bertz CT molecular complexity index is 1630. The van der Waals surface area contributed by atoms with Crippen LogP contribution in [-0.4, -0.2) is 71.8 Å². The average Bonchev–Trinajstić information content (AvgIpc) is 3.07. The summed E-state index contributed by atoms with van der Waals surface area (Å²) in [7, 11) is 1.48. The summed E-state index contributed by atoms with van der Waals surface area (Å²) >= 11 is 0. The monoisotopic (exact) mass is 695 g/mol. The number of likely N-dealkylation sites (N-methyl/N-ethyl adjacent to an activating group) is 1. The van der Waals surface area contributed by atoms with Gasteiger partial charge in [0.15, 0.2) is 0 Å². The summed E-state index contributed by atoms with van der Waals surface area (Å²) in [6, 6.07) is 10.5. The van der Waals surface area contributed by atoms with Crippen LogP contribution >= 0.6 is 0 Å². The number of urea groups is 2. The number of ether oxygens (including phenoxy) is 1. The first-order chi connectivity index (χ1) is 22.9. The van der Waals surface area contributed by atoms with Crippen molar-refractivity contribution in [1.82, 2.24) is 9.80 Å². The zero-order valence-corrected chi connectivity index (χ0v) is 26.7. The van der Waals surface area contributed by atoms with Gasteiger partial charge in [-0.2, -0.15) is 26.3 Å². The summed E-state index contributed by atoms with van der Waals surface area (Å²) in [6.07, 6.45) is -9.93. The molecule has 49 heavy (non-hydrogen) atoms. The van der Waals surface area contributed by atoms with Crippen LogP contribution in [0.3, 0.4) is 0 Å². The van der Waals surface area contributed by atoms with Gasteiger partial charge in [0.1, 0.15) is 11.9 Å². The zero-order valence-electron chi connectivity index (χ0n) is 26.7. The molecule has 3 aromatic carbocycles. The number of carbonyl (C=O) groups excluding carboxylic acids is 3. The fourth-order valence-electron chi connectivity index (χ4n) is 5.08. The normalized spacial score (nSPS) is 17.4. The second kappa shape index (κ2) is 15.1. The van der Waals surface area contributed by atoms with Crippen LogP contribution in [0, 0.1) is 5.92 Å². The third-order valence-corrected chi connectivity index (χ3v) is 7.91. The van der Waals surface area contributed by atoms with Crippen molar-refractivity contribution in [3.63, 3.8) is 0 Å². The molecule has 0 aromatic heterocycles. The van der Waals surface area contributed by atoms with Crippen molar-refractivity contribution in [3.05, 3.63) is 83.4 Å². The van der Waals surface area contributed by atoms with Crippen molar-refractivity contribution in [2.45, 2.75) is 44.8 Å². The Morgan fingerprint density at radius 1 is 0.898 bits per heavy atom. The Morgan fingerprint density at radius 2 is 1.41 bits per heavy atom. The minimum atomic E-state index is -4.53. The fraction of sp³-hybridized carbons (Fsp3) is 0.364. The van der Waals surface area contributed by atoms with E-state index in [1.54, 1.807) is 6.92 Å². The summed E-state index contributed by atoms with van der Waals surface area (Å²) in [5.74, 6) is -0.426. The minimum Gasteiger partial charge on any atom is -0.488 e. The Balaban J connectivity index is 1.52. The lowest BCUT2D eigenvalue weighted by molar-refractivity contribution is -0.138. The van der Waals surface area contributed by atoms with Gasteiger partial charge in [0.2, 0.25) is 5.91 Å². The molecule has 1 aliphatic heterocycles. The van der Waals surface area contributed by atoms with E-state index in [1.807, 2.05) is 6.92 Å². The lowest BCUT2D eigenvalue weighted by Crippen LogP contribution is -2.48. The topological polar surface area (TPSA) is 123 Å². The number of aliphatic hydroxyl groups is 1. The molecule has 3 atom stereocenters. The van der Waals surface area contributed by atoms with Crippen LogP contribution in [-0.2, 0) is 23.6 Å². The molecule has 264 valence electrons. The maximum Gasteiger partial charge on any atom is 0.416 e. The molecule has 4 N–H and O–H groups in total. The first-order valence-corrected chi connectivity index (χ1v) is 15.1. The first-order valence-electron chi connectivity index (χ1n) is 15.1. The molecule has 16 heteroatoms. The van der Waals surface area contributed by atoms with Crippen molar-refractivity contribution in [1.29, 1.82) is 0 Å². The Hall–Kier alpha value is -4.99. The van der Waals surface area contributed by atoms with E-state index in [0.717, 1.165) is 48.5 Å². The van der Waals surface area contributed by atoms with E-state index in [2.05, 4.69) is 16.0 Å². The molecule has 10 nitrogen and oxygen atoms in total. The van der Waals surface area contributed by atoms with Gasteiger partial charge in [0, 0.05) is 42.1 Å². The number of hydrogen-bond donors (Lipinski definition) is 4. The Kier molecular flexibility index (Phi) is 11.3. The lowest BCUT2D eigenvalue weighted by Gasteiger charge is -2.34. The number of rotatable bonds is 7. The standard InChI is InChI=1S/C33H35F6N5O5/c1-19-16-44(20(2)18-45)29(46)15-21-14-26(41-30(47)40-24-8-4-22(5-9-24)32(34,35)36)12-13-27(21)49-28(19)17-43(3)31(48)42-25-10-6-23(7-11-25)33(37,38)39/h4-14,19-20,28,45H,15-18H2,1-3H3,(H,42,48)(H2,40,41,47)/t19-,20+,28+/m1/s1. The second-order valence-corrected chi connectivity index (χ2v) is 11.8. The van der Waals surface area contributed by atoms with Crippen LogP contribution in [0.2, 0.25) is 0 Å². The molecule has 0 aliphatic carbocycles. The van der Waals surface area contributed by atoms with Gasteiger partial charge in [-0.1, -0.05) is 6.92 Å². The number of halogens is 6. The molecule has 0 radical (unpaired) electrons. The molecule has 1 aliphatic rings. The third kappa shape index (κ3) is 9.78. The highest BCUT2D eigenvalue weighted by Gasteiger charge is 2.33. The number of amides is 5. The van der Waals surface area contributed by atoms with Crippen molar-refractivity contribution >= 4 is 35.0 Å². The SMILES string of the molecule is C[C@@H]1CN([C@@H](C)CO)C(=O)Cc2cc(NC(=O)Nc3ccc(C(F)(F)F)cc3)ccc2O[C@H]1CN(C)C(=O)Nc1ccc(C(F)(F)F)cc1. The number of nitrogens with zero attached hydrogens (tertiary/aromatic N) is 2. The van der Waals surface area contributed by atoms with E-state index in [-0.39, 0.29) is 60.8 Å². The summed E-state index contributed by atoms with van der Waals surface area (Å²) < 4.78 is 83.7. The van der Waals surface area contributed by atoms with Gasteiger partial charge in [-0.15, -0.1) is 0 Å². The Labute approximate surface area is 278 Å². The van der Waals surface area contributed by atoms with Gasteiger partial charge < -0.3 is 35.6 Å². The summed E-state index contributed by atoms with van der Waals surface area (Å²) in [4.78, 5) is 41.9. The largest absolute Gasteiger partial charge is 0.488 e. The number of carbonyl (C=O) groups is 3. The van der Waals surface area contributed by atoms with Gasteiger partial charge >= 0.3 is 24.4 Å². The van der Waals surface area contributed by atoms with Gasteiger partial charge in [-0.3, -0.25) is 4.79 Å². The van der Waals surface area contributed by atoms with E-state index in [9.17, 15) is 45.8 Å². The third-order valence-electron chi connectivity index (χ3n) is 7.91. The van der Waals surface area contributed by atoms with Crippen molar-refractivity contribution < 1.29 is 50.6 Å². The molecule has 3 aromatic rings. The number of nitrogens with one attached hydrogen (secondary N) is 3. The summed E-state index contributed by atoms with van der Waals surface area (Å²) in [5.41, 5.74) is -0.844. The number of benzene rings is 3. The predicted molar refractivity (Wildman–Crippen MR) is 169 cm³/mol. The molecule has 0 fully saturated rings. The fourth-order valence-corrected chi connectivity index (χ4v) is 5.08. The van der Waals surface area contributed by atoms with Crippen LogP contribution in [0.4, 0.5) is 53.0 Å². The highest BCUT2D eigenvalue weighted by molar-refractivity contribution is 6.00. The van der Waals surface area contributed by atoms with E-state index < -0.39 is 47.7 Å². The van der Waals surface area contributed by atoms with Crippen LogP contribution in [0.15, 0.2) is 66.7 Å². The van der Waals surface area contributed by atoms with Gasteiger partial charge in [-0.25, -0.2) is 9.59 Å². The van der Waals surface area contributed by atoms with Crippen LogP contribution in [0.1, 0.15) is 30.5 Å². The van der Waals surface area contributed by atoms with Crippen molar-refractivity contribution in [3.8, 4) is 5.75 Å². The van der Waals surface area contributed by atoms with E-state index in [1.165, 1.54) is 35.0 Å². The molecule has 0 unspecified atom stereocenters. The lowest BCUT2D eigenvalue weighted by atomic mass is 10.0. The first kappa shape index (κ1) is 36.8. The van der Waals surface area contributed by atoms with E-state index in [0.29, 0.717) is 5.56 Å². The average molecular weight is 696 g/mol. The van der Waals surface area contributed by atoms with Gasteiger partial charge in [0.25, 0.3) is 0 Å². The van der Waals surface area contributed by atoms with E-state index in [4.69, 9.17) is 4.74 Å². The molecule has 1 heterocycles. The molecule has 0 saturated carbocycles. The van der Waals surface area contributed by atoms with Crippen LogP contribution in [0.25, 0.3) is 0 Å². The molecule has 4 rings (SSSR count). The smallest absolute Gasteiger partial charge is 0.416 e. The number of aliphatic hydroxyl groups excluding tert-OH is 1. The predicted octanol–water partition coefficient (Wildman–Crippen LogP) is 6.68. The Morgan fingerprint density at radius 3 is 1.94 bits per heavy atom.